The molecule has 0 spiro atoms. The highest BCUT2D eigenvalue weighted by Gasteiger charge is 2.37. The molecular formula is C15H24N2O3S. The van der Waals surface area contributed by atoms with Crippen LogP contribution in [0.1, 0.15) is 40.3 Å². The first-order valence-electron chi connectivity index (χ1n) is 7.27. The molecule has 0 aromatic carbocycles. The van der Waals surface area contributed by atoms with Gasteiger partial charge in [-0.05, 0) is 34.6 Å². The average molecular weight is 312 g/mol. The third kappa shape index (κ3) is 3.21. The Kier molecular flexibility index (Phi) is 4.58. The van der Waals surface area contributed by atoms with E-state index in [1.54, 1.807) is 11.3 Å². The van der Waals surface area contributed by atoms with E-state index in [0.29, 0.717) is 19.8 Å². The van der Waals surface area contributed by atoms with Crippen molar-refractivity contribution in [2.75, 3.05) is 31.3 Å². The van der Waals surface area contributed by atoms with Gasteiger partial charge < -0.3 is 14.4 Å². The summed E-state index contributed by atoms with van der Waals surface area (Å²) in [5, 5.41) is 2.90. The van der Waals surface area contributed by atoms with Gasteiger partial charge in [-0.15, -0.1) is 11.3 Å². The first kappa shape index (κ1) is 16.2. The fraction of sp³-hybridized carbons (Fsp3) is 0.733. The largest absolute Gasteiger partial charge is 0.465 e. The van der Waals surface area contributed by atoms with Gasteiger partial charge in [0.15, 0.2) is 5.13 Å². The molecule has 1 aromatic rings. The highest BCUT2D eigenvalue weighted by Crippen LogP contribution is 2.34. The summed E-state index contributed by atoms with van der Waals surface area (Å²) in [7, 11) is 0. The summed E-state index contributed by atoms with van der Waals surface area (Å²) >= 11 is 1.57. The lowest BCUT2D eigenvalue weighted by Crippen LogP contribution is -2.53. The van der Waals surface area contributed by atoms with Crippen molar-refractivity contribution in [2.45, 2.75) is 45.6 Å². The number of nitrogens with zero attached hydrogens (tertiary/aromatic N) is 2. The second-order valence-corrected chi connectivity index (χ2v) is 7.21. The van der Waals surface area contributed by atoms with E-state index >= 15 is 0 Å². The summed E-state index contributed by atoms with van der Waals surface area (Å²) in [6.07, 6.45) is 0. The first-order chi connectivity index (χ1) is 9.79. The van der Waals surface area contributed by atoms with Crippen molar-refractivity contribution in [3.63, 3.8) is 0 Å². The Labute approximate surface area is 130 Å². The second-order valence-electron chi connectivity index (χ2n) is 6.38. The predicted octanol–water partition coefficient (Wildman–Crippen LogP) is 2.60. The first-order valence-corrected chi connectivity index (χ1v) is 8.15. The molecule has 1 aliphatic rings. The molecule has 0 saturated carbocycles. The van der Waals surface area contributed by atoms with Crippen LogP contribution in [-0.2, 0) is 19.7 Å². The smallest absolute Gasteiger partial charge is 0.317 e. The molecule has 0 amide bonds. The van der Waals surface area contributed by atoms with Crippen LogP contribution >= 0.6 is 11.3 Å². The van der Waals surface area contributed by atoms with E-state index in [4.69, 9.17) is 14.5 Å². The molecular weight excluding hydrogens is 288 g/mol. The third-order valence-electron chi connectivity index (χ3n) is 3.79. The number of hydrogen-bond acceptors (Lipinski definition) is 6. The van der Waals surface area contributed by atoms with Crippen molar-refractivity contribution < 1.29 is 14.3 Å². The molecule has 21 heavy (non-hydrogen) atoms. The average Bonchev–Trinajstić information content (AvgIpc) is 2.88. The Morgan fingerprint density at radius 3 is 2.90 bits per heavy atom. The van der Waals surface area contributed by atoms with Gasteiger partial charge in [-0.25, -0.2) is 4.98 Å². The molecule has 0 unspecified atom stereocenters. The van der Waals surface area contributed by atoms with E-state index in [0.717, 1.165) is 17.4 Å². The fourth-order valence-electron chi connectivity index (χ4n) is 2.30. The Bertz CT molecular complexity index is 511. The molecule has 0 bridgehead atoms. The molecule has 0 radical (unpaired) electrons. The number of carbonyl (C=O) groups is 1. The van der Waals surface area contributed by atoms with Gasteiger partial charge >= 0.3 is 5.97 Å². The van der Waals surface area contributed by atoms with Gasteiger partial charge in [-0.3, -0.25) is 4.79 Å². The standard InChI is InChI=1S/C15H24N2O3S/c1-6-20-12(18)15(4,5)11-9-21-13(16-11)17-7-8-19-10-14(17,2)3/h9H,6-8,10H2,1-5H3. The van der Waals surface area contributed by atoms with Crippen molar-refractivity contribution in [2.24, 2.45) is 0 Å². The van der Waals surface area contributed by atoms with Crippen molar-refractivity contribution in [1.29, 1.82) is 0 Å². The molecule has 1 aliphatic heterocycles. The Morgan fingerprint density at radius 2 is 2.29 bits per heavy atom. The normalized spacial score (nSPS) is 18.6. The Balaban J connectivity index is 2.23. The Morgan fingerprint density at radius 1 is 1.57 bits per heavy atom. The van der Waals surface area contributed by atoms with Crippen LogP contribution in [0.4, 0.5) is 5.13 Å². The summed E-state index contributed by atoms with van der Waals surface area (Å²) in [6, 6.07) is 0. The van der Waals surface area contributed by atoms with Crippen LogP contribution in [0.3, 0.4) is 0 Å². The van der Waals surface area contributed by atoms with Crippen molar-refractivity contribution in [1.82, 2.24) is 4.98 Å². The summed E-state index contributed by atoms with van der Waals surface area (Å²) < 4.78 is 10.7. The number of aromatic nitrogens is 1. The van der Waals surface area contributed by atoms with Gasteiger partial charge in [0.05, 0.1) is 31.1 Å². The summed E-state index contributed by atoms with van der Waals surface area (Å²) in [4.78, 5) is 19.0. The van der Waals surface area contributed by atoms with Gasteiger partial charge in [0, 0.05) is 11.9 Å². The minimum Gasteiger partial charge on any atom is -0.465 e. The summed E-state index contributed by atoms with van der Waals surface area (Å²) in [5.41, 5.74) is -0.0361. The van der Waals surface area contributed by atoms with Gasteiger partial charge in [-0.2, -0.15) is 0 Å². The second kappa shape index (κ2) is 5.93. The van der Waals surface area contributed by atoms with Crippen LogP contribution in [0.25, 0.3) is 0 Å². The van der Waals surface area contributed by atoms with Crippen LogP contribution in [0.5, 0.6) is 0 Å². The number of morpholine rings is 1. The number of hydrogen-bond donors (Lipinski definition) is 0. The number of anilines is 1. The van der Waals surface area contributed by atoms with Crippen molar-refractivity contribution in [3.8, 4) is 0 Å². The van der Waals surface area contributed by atoms with Crippen LogP contribution in [0.15, 0.2) is 5.38 Å². The number of thiazole rings is 1. The molecule has 1 fully saturated rings. The lowest BCUT2D eigenvalue weighted by atomic mass is 9.90. The molecule has 0 atom stereocenters. The molecule has 118 valence electrons. The molecule has 1 aromatic heterocycles. The maximum absolute atomic E-state index is 12.1. The van der Waals surface area contributed by atoms with Gasteiger partial charge in [0.1, 0.15) is 5.41 Å². The minimum atomic E-state index is -0.721. The minimum absolute atomic E-state index is 0.0819. The van der Waals surface area contributed by atoms with E-state index in [1.165, 1.54) is 0 Å². The number of carbonyl (C=O) groups excluding carboxylic acids is 1. The fourth-order valence-corrected chi connectivity index (χ4v) is 3.49. The van der Waals surface area contributed by atoms with Crippen LogP contribution in [0.2, 0.25) is 0 Å². The summed E-state index contributed by atoms with van der Waals surface area (Å²) in [6.45, 7) is 12.4. The van der Waals surface area contributed by atoms with E-state index in [2.05, 4.69) is 18.7 Å². The summed E-state index contributed by atoms with van der Waals surface area (Å²) in [5.74, 6) is -0.233. The number of rotatable bonds is 4. The molecule has 0 aliphatic carbocycles. The van der Waals surface area contributed by atoms with Gasteiger partial charge in [-0.1, -0.05) is 0 Å². The third-order valence-corrected chi connectivity index (χ3v) is 4.66. The van der Waals surface area contributed by atoms with Gasteiger partial charge in [0.25, 0.3) is 0 Å². The van der Waals surface area contributed by atoms with Crippen molar-refractivity contribution >= 4 is 22.4 Å². The zero-order valence-electron chi connectivity index (χ0n) is 13.4. The zero-order chi connectivity index (χ0) is 15.7. The Hall–Kier alpha value is -1.14. The van der Waals surface area contributed by atoms with Gasteiger partial charge in [0.2, 0.25) is 0 Å². The topological polar surface area (TPSA) is 51.7 Å². The molecule has 0 N–H and O–H groups in total. The van der Waals surface area contributed by atoms with Crippen molar-refractivity contribution in [3.05, 3.63) is 11.1 Å². The highest BCUT2D eigenvalue weighted by molar-refractivity contribution is 7.13. The maximum atomic E-state index is 12.1. The maximum Gasteiger partial charge on any atom is 0.317 e. The van der Waals surface area contributed by atoms with E-state index in [9.17, 15) is 4.79 Å². The van der Waals surface area contributed by atoms with Crippen LogP contribution in [-0.4, -0.2) is 42.9 Å². The quantitative estimate of drug-likeness (QED) is 0.800. The van der Waals surface area contributed by atoms with E-state index in [1.807, 2.05) is 26.2 Å². The van der Waals surface area contributed by atoms with E-state index in [-0.39, 0.29) is 11.5 Å². The molecule has 2 heterocycles. The SMILES string of the molecule is CCOC(=O)C(C)(C)c1csc(N2CCOCC2(C)C)n1. The number of ether oxygens (including phenoxy) is 2. The van der Waals surface area contributed by atoms with Crippen LogP contribution in [0, 0.1) is 0 Å². The van der Waals surface area contributed by atoms with Crippen LogP contribution < -0.4 is 4.90 Å². The zero-order valence-corrected chi connectivity index (χ0v) is 14.2. The molecule has 5 nitrogen and oxygen atoms in total. The molecule has 2 rings (SSSR count). The molecule has 6 heteroatoms. The predicted molar refractivity (Wildman–Crippen MR) is 84.0 cm³/mol. The van der Waals surface area contributed by atoms with E-state index < -0.39 is 5.41 Å². The number of esters is 1. The lowest BCUT2D eigenvalue weighted by Gasteiger charge is -2.42. The molecule has 1 saturated heterocycles. The monoisotopic (exact) mass is 312 g/mol. The lowest BCUT2D eigenvalue weighted by molar-refractivity contribution is -0.148. The highest BCUT2D eigenvalue weighted by atomic mass is 32.1.